The molecule has 0 bridgehead atoms. The lowest BCUT2D eigenvalue weighted by Gasteiger charge is -2.25. The molecule has 2 atom stereocenters. The smallest absolute Gasteiger partial charge is 0.350 e. The highest BCUT2D eigenvalue weighted by Gasteiger charge is 2.34. The molecule has 1 aromatic heterocycles. The minimum Gasteiger partial charge on any atom is -0.395 e. The predicted octanol–water partition coefficient (Wildman–Crippen LogP) is 0.415. The minimum atomic E-state index is -0.726. The van der Waals surface area contributed by atoms with Crippen molar-refractivity contribution in [3.05, 3.63) is 32.2 Å². The van der Waals surface area contributed by atoms with Gasteiger partial charge in [-0.2, -0.15) is 4.68 Å². The average molecular weight is 376 g/mol. The molecule has 146 valence electrons. The Balaban J connectivity index is 2.03. The Hall–Kier alpha value is -2.55. The van der Waals surface area contributed by atoms with Crippen molar-refractivity contribution < 1.29 is 4.39 Å². The molecule has 1 saturated carbocycles. The third-order valence-corrected chi connectivity index (χ3v) is 5.94. The van der Waals surface area contributed by atoms with Crippen LogP contribution in [0.25, 0.3) is 10.9 Å². The predicted molar refractivity (Wildman–Crippen MR) is 104 cm³/mol. The van der Waals surface area contributed by atoms with Crippen molar-refractivity contribution in [1.29, 1.82) is 0 Å². The van der Waals surface area contributed by atoms with Gasteiger partial charge in [-0.3, -0.25) is 9.36 Å². The first-order chi connectivity index (χ1) is 12.7. The summed E-state index contributed by atoms with van der Waals surface area (Å²) < 4.78 is 17.3. The molecule has 1 saturated heterocycles. The van der Waals surface area contributed by atoms with Crippen LogP contribution in [-0.4, -0.2) is 28.4 Å². The Morgan fingerprint density at radius 3 is 2.44 bits per heavy atom. The van der Waals surface area contributed by atoms with Crippen LogP contribution in [0.1, 0.15) is 37.8 Å². The van der Waals surface area contributed by atoms with Crippen LogP contribution < -0.4 is 33.5 Å². The third kappa shape index (κ3) is 2.52. The summed E-state index contributed by atoms with van der Waals surface area (Å²) in [6, 6.07) is -0.0688. The SMILES string of the molecule is Cc1c(F)c(N2CCC(C(C)N)C2)c(N)c2c1c(=O)n(N)c(=O)n2C1CC1. The first-order valence-electron chi connectivity index (χ1n) is 9.28. The number of aromatic nitrogens is 2. The molecule has 2 heterocycles. The van der Waals surface area contributed by atoms with E-state index in [0.29, 0.717) is 23.3 Å². The lowest BCUT2D eigenvalue weighted by molar-refractivity contribution is 0.487. The van der Waals surface area contributed by atoms with Gasteiger partial charge in [0.2, 0.25) is 0 Å². The van der Waals surface area contributed by atoms with Crippen molar-refractivity contribution in [1.82, 2.24) is 9.24 Å². The summed E-state index contributed by atoms with van der Waals surface area (Å²) in [6.07, 6.45) is 2.44. The Kier molecular flexibility index (Phi) is 3.95. The van der Waals surface area contributed by atoms with Gasteiger partial charge in [-0.05, 0) is 39.0 Å². The van der Waals surface area contributed by atoms with E-state index in [1.165, 1.54) is 11.5 Å². The molecule has 0 radical (unpaired) electrons. The van der Waals surface area contributed by atoms with Crippen LogP contribution in [0.15, 0.2) is 9.59 Å². The summed E-state index contributed by atoms with van der Waals surface area (Å²) >= 11 is 0. The van der Waals surface area contributed by atoms with Crippen LogP contribution in [0.3, 0.4) is 0 Å². The molecular formula is C18H25FN6O2. The standard InChI is InChI=1S/C18H25FN6O2/c1-8-12-15(24(11-3-4-11)18(27)25(22)17(12)26)14(21)16(13(8)19)23-6-5-10(7-23)9(2)20/h9-11H,3-7,20-22H2,1-2H3. The molecule has 2 aliphatic rings. The number of nitrogen functional groups attached to an aromatic ring is 2. The van der Waals surface area contributed by atoms with E-state index in [2.05, 4.69) is 0 Å². The van der Waals surface area contributed by atoms with Gasteiger partial charge in [-0.25, -0.2) is 9.18 Å². The number of hydrogen-bond donors (Lipinski definition) is 3. The van der Waals surface area contributed by atoms with Gasteiger partial charge in [-0.15, -0.1) is 0 Å². The van der Waals surface area contributed by atoms with Crippen molar-refractivity contribution >= 4 is 22.3 Å². The van der Waals surface area contributed by atoms with Crippen molar-refractivity contribution in [2.75, 3.05) is 29.6 Å². The molecule has 1 aromatic carbocycles. The molecule has 8 nitrogen and oxygen atoms in total. The van der Waals surface area contributed by atoms with E-state index in [1.54, 1.807) is 0 Å². The zero-order valence-corrected chi connectivity index (χ0v) is 15.5. The highest BCUT2D eigenvalue weighted by molar-refractivity contribution is 5.99. The summed E-state index contributed by atoms with van der Waals surface area (Å²) in [5, 5.41) is 0.0747. The quantitative estimate of drug-likeness (QED) is 0.526. The van der Waals surface area contributed by atoms with E-state index in [4.69, 9.17) is 17.3 Å². The number of nitrogens with two attached hydrogens (primary N) is 3. The molecule has 0 amide bonds. The highest BCUT2D eigenvalue weighted by atomic mass is 19.1. The fourth-order valence-corrected chi connectivity index (χ4v) is 4.16. The molecule has 2 fully saturated rings. The second kappa shape index (κ2) is 5.98. The molecule has 0 spiro atoms. The zero-order chi connectivity index (χ0) is 19.6. The van der Waals surface area contributed by atoms with Gasteiger partial charge in [0.15, 0.2) is 5.82 Å². The van der Waals surface area contributed by atoms with Crippen LogP contribution in [-0.2, 0) is 0 Å². The highest BCUT2D eigenvalue weighted by Crippen LogP contribution is 2.42. The second-order valence-electron chi connectivity index (χ2n) is 7.84. The Bertz CT molecular complexity index is 1050. The number of halogens is 1. The lowest BCUT2D eigenvalue weighted by atomic mass is 10.0. The first-order valence-corrected chi connectivity index (χ1v) is 9.28. The summed E-state index contributed by atoms with van der Waals surface area (Å²) in [7, 11) is 0. The summed E-state index contributed by atoms with van der Waals surface area (Å²) in [4.78, 5) is 27.1. The minimum absolute atomic E-state index is 0.00470. The number of nitrogens with zero attached hydrogens (tertiary/aromatic N) is 3. The van der Waals surface area contributed by atoms with Gasteiger partial charge < -0.3 is 22.2 Å². The molecule has 2 aromatic rings. The van der Waals surface area contributed by atoms with Crippen molar-refractivity contribution in [3.63, 3.8) is 0 Å². The van der Waals surface area contributed by atoms with Crippen molar-refractivity contribution in [2.24, 2.45) is 11.7 Å². The number of anilines is 2. The number of rotatable bonds is 3. The molecule has 2 unspecified atom stereocenters. The Morgan fingerprint density at radius 2 is 1.89 bits per heavy atom. The Morgan fingerprint density at radius 1 is 1.22 bits per heavy atom. The average Bonchev–Trinajstić information content (AvgIpc) is 3.33. The summed E-state index contributed by atoms with van der Waals surface area (Å²) in [6.45, 7) is 4.68. The van der Waals surface area contributed by atoms with E-state index in [9.17, 15) is 9.59 Å². The van der Waals surface area contributed by atoms with Crippen LogP contribution >= 0.6 is 0 Å². The summed E-state index contributed by atoms with van der Waals surface area (Å²) in [5.41, 5.74) is 11.9. The van der Waals surface area contributed by atoms with Crippen LogP contribution in [0.5, 0.6) is 0 Å². The molecule has 1 aliphatic carbocycles. The Labute approximate surface area is 155 Å². The van der Waals surface area contributed by atoms with Gasteiger partial charge in [0.05, 0.1) is 22.3 Å². The molecular weight excluding hydrogens is 351 g/mol. The molecule has 6 N–H and O–H groups in total. The third-order valence-electron chi connectivity index (χ3n) is 5.94. The molecule has 1 aliphatic heterocycles. The van der Waals surface area contributed by atoms with E-state index in [1.807, 2.05) is 11.8 Å². The molecule has 4 rings (SSSR count). The van der Waals surface area contributed by atoms with Crippen LogP contribution in [0, 0.1) is 18.7 Å². The molecule has 9 heteroatoms. The summed E-state index contributed by atoms with van der Waals surface area (Å²) in [5.74, 6) is 5.38. The zero-order valence-electron chi connectivity index (χ0n) is 15.5. The van der Waals surface area contributed by atoms with Gasteiger partial charge in [-0.1, -0.05) is 0 Å². The van der Waals surface area contributed by atoms with Gasteiger partial charge in [0.25, 0.3) is 5.56 Å². The second-order valence-corrected chi connectivity index (χ2v) is 7.84. The number of aryl methyl sites for hydroxylation is 1. The van der Waals surface area contributed by atoms with Crippen LogP contribution in [0.4, 0.5) is 15.8 Å². The maximum atomic E-state index is 15.3. The van der Waals surface area contributed by atoms with Gasteiger partial charge in [0.1, 0.15) is 0 Å². The van der Waals surface area contributed by atoms with Crippen molar-refractivity contribution in [3.8, 4) is 0 Å². The van der Waals surface area contributed by atoms with Gasteiger partial charge >= 0.3 is 5.69 Å². The number of benzene rings is 1. The normalized spacial score (nSPS) is 21.2. The maximum absolute atomic E-state index is 15.3. The largest absolute Gasteiger partial charge is 0.395 e. The fraction of sp³-hybridized carbons (Fsp3) is 0.556. The van der Waals surface area contributed by atoms with E-state index in [0.717, 1.165) is 19.3 Å². The van der Waals surface area contributed by atoms with E-state index < -0.39 is 17.1 Å². The fourth-order valence-electron chi connectivity index (χ4n) is 4.16. The molecule has 27 heavy (non-hydrogen) atoms. The number of hydrogen-bond acceptors (Lipinski definition) is 6. The van der Waals surface area contributed by atoms with Crippen molar-refractivity contribution in [2.45, 2.75) is 45.2 Å². The van der Waals surface area contributed by atoms with Gasteiger partial charge in [0, 0.05) is 30.7 Å². The lowest BCUT2D eigenvalue weighted by Crippen LogP contribution is -2.45. The monoisotopic (exact) mass is 376 g/mol. The van der Waals surface area contributed by atoms with E-state index >= 15 is 4.39 Å². The first kappa shape index (κ1) is 17.8. The maximum Gasteiger partial charge on any atom is 0.350 e. The van der Waals surface area contributed by atoms with E-state index in [-0.39, 0.29) is 40.3 Å². The van der Waals surface area contributed by atoms with Crippen LogP contribution in [0.2, 0.25) is 0 Å². The topological polar surface area (TPSA) is 125 Å². The number of fused-ring (bicyclic) bond motifs is 1.